The van der Waals surface area contributed by atoms with Crippen molar-refractivity contribution in [2.24, 2.45) is 0 Å². The first-order valence-electron chi connectivity index (χ1n) is 9.07. The Labute approximate surface area is 157 Å². The van der Waals surface area contributed by atoms with Crippen molar-refractivity contribution in [2.75, 3.05) is 20.2 Å². The molecular formula is C19H23N5OS. The molecule has 0 atom stereocenters. The van der Waals surface area contributed by atoms with Gasteiger partial charge in [0.15, 0.2) is 5.82 Å². The number of aromatic nitrogens is 4. The number of benzene rings is 1. The van der Waals surface area contributed by atoms with E-state index in [0.29, 0.717) is 0 Å². The summed E-state index contributed by atoms with van der Waals surface area (Å²) in [5.41, 5.74) is 1.11. The Hall–Kier alpha value is -2.25. The standard InChI is InChI=1S/C19H23N5OS/c1-25-16-9-6-15(7-10-16)8-11-18-22-24-17(20-21-19(24)26-18)14-23-12-4-2-3-5-13-23/h6-11H,2-5,12-14H2,1H3. The van der Waals surface area contributed by atoms with Crippen molar-refractivity contribution in [3.8, 4) is 5.75 Å². The van der Waals surface area contributed by atoms with E-state index < -0.39 is 0 Å². The van der Waals surface area contributed by atoms with Crippen LogP contribution in [0.4, 0.5) is 0 Å². The second-order valence-corrected chi connectivity index (χ2v) is 7.54. The molecule has 7 heteroatoms. The summed E-state index contributed by atoms with van der Waals surface area (Å²) in [4.78, 5) is 3.32. The zero-order valence-corrected chi connectivity index (χ0v) is 15.8. The molecule has 0 unspecified atom stereocenters. The van der Waals surface area contributed by atoms with Crippen molar-refractivity contribution in [1.82, 2.24) is 24.7 Å². The van der Waals surface area contributed by atoms with Crippen molar-refractivity contribution in [1.29, 1.82) is 0 Å². The lowest BCUT2D eigenvalue weighted by molar-refractivity contribution is 0.268. The molecule has 6 nitrogen and oxygen atoms in total. The Bertz CT molecular complexity index is 875. The molecule has 0 spiro atoms. The van der Waals surface area contributed by atoms with Crippen molar-refractivity contribution in [2.45, 2.75) is 32.2 Å². The van der Waals surface area contributed by atoms with Gasteiger partial charge in [0, 0.05) is 0 Å². The van der Waals surface area contributed by atoms with Crippen LogP contribution in [0.3, 0.4) is 0 Å². The summed E-state index contributed by atoms with van der Waals surface area (Å²) in [7, 11) is 1.67. The second-order valence-electron chi connectivity index (χ2n) is 6.55. The fraction of sp³-hybridized carbons (Fsp3) is 0.421. The highest BCUT2D eigenvalue weighted by molar-refractivity contribution is 7.17. The van der Waals surface area contributed by atoms with Crippen LogP contribution < -0.4 is 4.74 Å². The highest BCUT2D eigenvalue weighted by atomic mass is 32.1. The van der Waals surface area contributed by atoms with Gasteiger partial charge in [0.05, 0.1) is 13.7 Å². The van der Waals surface area contributed by atoms with E-state index in [1.807, 2.05) is 34.9 Å². The third kappa shape index (κ3) is 3.94. The van der Waals surface area contributed by atoms with E-state index in [2.05, 4.69) is 26.3 Å². The monoisotopic (exact) mass is 369 g/mol. The van der Waals surface area contributed by atoms with Gasteiger partial charge in [0.2, 0.25) is 4.96 Å². The molecule has 0 aliphatic carbocycles. The van der Waals surface area contributed by atoms with Gasteiger partial charge < -0.3 is 4.74 Å². The summed E-state index contributed by atoms with van der Waals surface area (Å²) < 4.78 is 7.08. The van der Waals surface area contributed by atoms with Gasteiger partial charge in [-0.15, -0.1) is 10.2 Å². The van der Waals surface area contributed by atoms with E-state index in [1.54, 1.807) is 18.4 Å². The van der Waals surface area contributed by atoms with Gasteiger partial charge in [-0.1, -0.05) is 42.4 Å². The third-order valence-corrected chi connectivity index (χ3v) is 5.53. The molecule has 3 aromatic rings. The van der Waals surface area contributed by atoms with Crippen LogP contribution in [0.15, 0.2) is 24.3 Å². The van der Waals surface area contributed by atoms with Crippen molar-refractivity contribution < 1.29 is 4.74 Å². The molecule has 26 heavy (non-hydrogen) atoms. The van der Waals surface area contributed by atoms with Crippen LogP contribution in [0, 0.1) is 0 Å². The van der Waals surface area contributed by atoms with Gasteiger partial charge in [-0.25, -0.2) is 0 Å². The van der Waals surface area contributed by atoms with Crippen molar-refractivity contribution >= 4 is 28.4 Å². The predicted molar refractivity (Wildman–Crippen MR) is 104 cm³/mol. The molecule has 1 aliphatic heterocycles. The maximum absolute atomic E-state index is 5.19. The molecule has 2 aromatic heterocycles. The van der Waals surface area contributed by atoms with E-state index in [4.69, 9.17) is 4.74 Å². The van der Waals surface area contributed by atoms with Crippen molar-refractivity contribution in [3.05, 3.63) is 40.7 Å². The number of hydrogen-bond acceptors (Lipinski definition) is 6. The van der Waals surface area contributed by atoms with Gasteiger partial charge in [-0.05, 0) is 49.7 Å². The summed E-state index contributed by atoms with van der Waals surface area (Å²) in [6, 6.07) is 7.97. The minimum Gasteiger partial charge on any atom is -0.497 e. The van der Waals surface area contributed by atoms with Gasteiger partial charge in [-0.3, -0.25) is 4.90 Å². The molecule has 136 valence electrons. The van der Waals surface area contributed by atoms with Gasteiger partial charge in [0.25, 0.3) is 0 Å². The van der Waals surface area contributed by atoms with Crippen LogP contribution in [-0.4, -0.2) is 44.9 Å². The quantitative estimate of drug-likeness (QED) is 0.686. The molecule has 3 heterocycles. The number of fused-ring (bicyclic) bond motifs is 1. The smallest absolute Gasteiger partial charge is 0.235 e. The van der Waals surface area contributed by atoms with Crippen LogP contribution in [-0.2, 0) is 6.54 Å². The average Bonchev–Trinajstić information content (AvgIpc) is 3.13. The predicted octanol–water partition coefficient (Wildman–Crippen LogP) is 3.74. The summed E-state index contributed by atoms with van der Waals surface area (Å²) in [6.07, 6.45) is 9.30. The Morgan fingerprint density at radius 1 is 1.04 bits per heavy atom. The number of hydrogen-bond donors (Lipinski definition) is 0. The lowest BCUT2D eigenvalue weighted by Crippen LogP contribution is -2.25. The Morgan fingerprint density at radius 2 is 1.81 bits per heavy atom. The number of nitrogens with zero attached hydrogens (tertiary/aromatic N) is 5. The van der Waals surface area contributed by atoms with E-state index in [9.17, 15) is 0 Å². The number of methoxy groups -OCH3 is 1. The van der Waals surface area contributed by atoms with Crippen LogP contribution >= 0.6 is 11.3 Å². The zero-order valence-electron chi connectivity index (χ0n) is 15.0. The molecule has 1 fully saturated rings. The molecule has 1 aliphatic rings. The van der Waals surface area contributed by atoms with Gasteiger partial charge >= 0.3 is 0 Å². The lowest BCUT2D eigenvalue weighted by atomic mass is 10.2. The molecule has 0 N–H and O–H groups in total. The summed E-state index contributed by atoms with van der Waals surface area (Å²) in [6.45, 7) is 3.11. The van der Waals surface area contributed by atoms with Crippen LogP contribution in [0.5, 0.6) is 5.75 Å². The number of ether oxygens (including phenoxy) is 1. The van der Waals surface area contributed by atoms with E-state index in [-0.39, 0.29) is 0 Å². The topological polar surface area (TPSA) is 55.6 Å². The van der Waals surface area contributed by atoms with Crippen LogP contribution in [0.1, 0.15) is 42.1 Å². The zero-order chi connectivity index (χ0) is 17.8. The molecule has 0 bridgehead atoms. The summed E-state index contributed by atoms with van der Waals surface area (Å²) in [5, 5.41) is 14.3. The minimum atomic E-state index is 0.826. The van der Waals surface area contributed by atoms with Crippen LogP contribution in [0.2, 0.25) is 0 Å². The van der Waals surface area contributed by atoms with Gasteiger partial charge in [-0.2, -0.15) is 9.61 Å². The summed E-state index contributed by atoms with van der Waals surface area (Å²) in [5.74, 6) is 1.79. The van der Waals surface area contributed by atoms with E-state index >= 15 is 0 Å². The third-order valence-electron chi connectivity index (χ3n) is 4.67. The SMILES string of the molecule is COc1ccc(C=Cc2nn3c(CN4CCCCCC4)nnc3s2)cc1. The minimum absolute atomic E-state index is 0.826. The fourth-order valence-corrected chi connectivity index (χ4v) is 3.97. The highest BCUT2D eigenvalue weighted by Gasteiger charge is 2.15. The van der Waals surface area contributed by atoms with E-state index in [0.717, 1.165) is 46.7 Å². The number of rotatable bonds is 5. The highest BCUT2D eigenvalue weighted by Crippen LogP contribution is 2.19. The molecule has 0 radical (unpaired) electrons. The maximum Gasteiger partial charge on any atom is 0.235 e. The summed E-state index contributed by atoms with van der Waals surface area (Å²) >= 11 is 1.56. The Morgan fingerprint density at radius 3 is 2.54 bits per heavy atom. The molecular weight excluding hydrogens is 346 g/mol. The lowest BCUT2D eigenvalue weighted by Gasteiger charge is -2.17. The Kier molecular flexibility index (Phi) is 5.26. The second kappa shape index (κ2) is 7.97. The van der Waals surface area contributed by atoms with Crippen molar-refractivity contribution in [3.63, 3.8) is 0 Å². The molecule has 1 saturated heterocycles. The first-order chi connectivity index (χ1) is 12.8. The van der Waals surface area contributed by atoms with E-state index in [1.165, 1.54) is 25.7 Å². The first kappa shape index (κ1) is 17.2. The molecule has 4 rings (SSSR count). The first-order valence-corrected chi connectivity index (χ1v) is 9.89. The number of likely N-dealkylation sites (tertiary alicyclic amines) is 1. The molecule has 1 aromatic carbocycles. The largest absolute Gasteiger partial charge is 0.497 e. The average molecular weight is 369 g/mol. The fourth-order valence-electron chi connectivity index (χ4n) is 3.22. The molecule has 0 saturated carbocycles. The van der Waals surface area contributed by atoms with Gasteiger partial charge in [0.1, 0.15) is 10.8 Å². The maximum atomic E-state index is 5.19. The molecule has 0 amide bonds. The van der Waals surface area contributed by atoms with Crippen LogP contribution in [0.25, 0.3) is 17.1 Å². The normalized spacial score (nSPS) is 16.3. The Balaban J connectivity index is 1.48.